The molecule has 0 aliphatic carbocycles. The van der Waals surface area contributed by atoms with Crippen LogP contribution in [0.4, 0.5) is 0 Å². The molecule has 1 aromatic rings. The van der Waals surface area contributed by atoms with Gasteiger partial charge in [-0.1, -0.05) is 42.1 Å². The van der Waals surface area contributed by atoms with Crippen LogP contribution < -0.4 is 5.19 Å². The molecule has 0 aromatic heterocycles. The van der Waals surface area contributed by atoms with E-state index >= 15 is 0 Å². The molecule has 0 aliphatic heterocycles. The molecule has 0 N–H and O–H groups in total. The van der Waals surface area contributed by atoms with Gasteiger partial charge in [0.25, 0.3) is 0 Å². The van der Waals surface area contributed by atoms with E-state index in [2.05, 4.69) is 18.7 Å². The molecule has 1 rings (SSSR count). The number of ether oxygens (including phenoxy) is 2. The fraction of sp³-hybridized carbons (Fsp3) is 0.400. The molecule has 3 heteroatoms. The number of hydrogen-bond donors (Lipinski definition) is 0. The van der Waals surface area contributed by atoms with E-state index in [1.54, 1.807) is 14.2 Å². The molecule has 0 saturated carbocycles. The molecule has 1 aromatic carbocycles. The quantitative estimate of drug-likeness (QED) is 0.530. The number of benzene rings is 1. The minimum atomic E-state index is -0.752. The van der Waals surface area contributed by atoms with Gasteiger partial charge in [-0.15, -0.1) is 0 Å². The van der Waals surface area contributed by atoms with Gasteiger partial charge in [0.15, 0.2) is 8.80 Å². The van der Waals surface area contributed by atoms with Crippen molar-refractivity contribution in [1.29, 1.82) is 0 Å². The normalized spacial score (nSPS) is 11.2. The fourth-order valence-corrected chi connectivity index (χ4v) is 2.98. The van der Waals surface area contributed by atoms with Gasteiger partial charge in [0.2, 0.25) is 0 Å². The van der Waals surface area contributed by atoms with Crippen LogP contribution in [0.15, 0.2) is 30.3 Å². The van der Waals surface area contributed by atoms with Crippen LogP contribution in [0, 0.1) is 0 Å². The van der Waals surface area contributed by atoms with E-state index in [4.69, 9.17) is 9.47 Å². The third kappa shape index (κ3) is 2.65. The van der Waals surface area contributed by atoms with Crippen molar-refractivity contribution < 1.29 is 9.47 Å². The van der Waals surface area contributed by atoms with Crippen molar-refractivity contribution in [2.45, 2.75) is 12.5 Å². The van der Waals surface area contributed by atoms with Crippen LogP contribution in [0.5, 0.6) is 0 Å². The minimum absolute atomic E-state index is 0.0626. The summed E-state index contributed by atoms with van der Waals surface area (Å²) >= 11 is 0. The summed E-state index contributed by atoms with van der Waals surface area (Å²) in [4.78, 5) is 0. The Balaban J connectivity index is 2.72. The van der Waals surface area contributed by atoms with Gasteiger partial charge >= 0.3 is 0 Å². The van der Waals surface area contributed by atoms with Crippen molar-refractivity contribution in [2.75, 3.05) is 14.2 Å². The van der Waals surface area contributed by atoms with E-state index in [0.717, 1.165) is 0 Å². The van der Waals surface area contributed by atoms with Crippen molar-refractivity contribution in [3.8, 4) is 0 Å². The zero-order valence-electron chi connectivity index (χ0n) is 8.28. The maximum absolute atomic E-state index is 5.24. The largest absolute Gasteiger partial charge is 0.359 e. The third-order valence-electron chi connectivity index (χ3n) is 2.01. The lowest BCUT2D eigenvalue weighted by Gasteiger charge is -2.19. The number of methoxy groups -OCH3 is 2. The molecule has 0 heterocycles. The zero-order chi connectivity index (χ0) is 9.68. The van der Waals surface area contributed by atoms with Crippen molar-refractivity contribution in [3.05, 3.63) is 30.3 Å². The second-order valence-corrected chi connectivity index (χ2v) is 5.27. The molecule has 0 aliphatic rings. The Morgan fingerprint density at radius 3 is 2.08 bits per heavy atom. The highest BCUT2D eigenvalue weighted by molar-refractivity contribution is 6.72. The zero-order valence-corrected chi connectivity index (χ0v) is 9.28. The molecule has 0 unspecified atom stereocenters. The Morgan fingerprint density at radius 2 is 1.62 bits per heavy atom. The second kappa shape index (κ2) is 5.17. The first-order chi connectivity index (χ1) is 6.29. The summed E-state index contributed by atoms with van der Waals surface area (Å²) in [5.74, 6) is -0.0626. The summed E-state index contributed by atoms with van der Waals surface area (Å²) < 4.78 is 10.5. The van der Waals surface area contributed by atoms with Gasteiger partial charge in [-0.2, -0.15) is 0 Å². The van der Waals surface area contributed by atoms with E-state index in [1.165, 1.54) is 5.19 Å². The molecule has 2 nitrogen and oxygen atoms in total. The highest BCUT2D eigenvalue weighted by Gasteiger charge is 2.19. The molecule has 0 amide bonds. The van der Waals surface area contributed by atoms with Gasteiger partial charge in [-0.25, -0.2) is 0 Å². The summed E-state index contributed by atoms with van der Waals surface area (Å²) in [5, 5.41) is 1.33. The Morgan fingerprint density at radius 1 is 1.08 bits per heavy atom. The van der Waals surface area contributed by atoms with Gasteiger partial charge < -0.3 is 9.47 Å². The SMILES string of the molecule is COC(OC)[Si](C)c1ccccc1. The topological polar surface area (TPSA) is 18.5 Å². The molecule has 0 atom stereocenters. The number of hydrogen-bond acceptors (Lipinski definition) is 2. The second-order valence-electron chi connectivity index (χ2n) is 2.85. The molecule has 0 fully saturated rings. The van der Waals surface area contributed by atoms with Crippen molar-refractivity contribution in [3.63, 3.8) is 0 Å². The smallest absolute Gasteiger partial charge is 0.153 e. The lowest BCUT2D eigenvalue weighted by molar-refractivity contribution is -0.0456. The summed E-state index contributed by atoms with van der Waals surface area (Å²) in [6, 6.07) is 10.4. The molecular formula is C10H15O2Si. The van der Waals surface area contributed by atoms with Gasteiger partial charge in [-0.05, 0) is 0 Å². The van der Waals surface area contributed by atoms with E-state index < -0.39 is 8.80 Å². The van der Waals surface area contributed by atoms with E-state index in [9.17, 15) is 0 Å². The predicted octanol–water partition coefficient (Wildman–Crippen LogP) is 1.18. The highest BCUT2D eigenvalue weighted by atomic mass is 28.3. The van der Waals surface area contributed by atoms with E-state index in [0.29, 0.717) is 0 Å². The Kier molecular flexibility index (Phi) is 4.15. The van der Waals surface area contributed by atoms with Gasteiger partial charge in [0, 0.05) is 14.2 Å². The van der Waals surface area contributed by atoms with Crippen LogP contribution in [-0.2, 0) is 9.47 Å². The van der Waals surface area contributed by atoms with Crippen molar-refractivity contribution >= 4 is 14.0 Å². The standard InChI is InChI=1S/C10H15O2Si/c1-11-10(12-2)13(3)9-7-5-4-6-8-9/h4-8,10H,1-3H3. The monoisotopic (exact) mass is 195 g/mol. The molecular weight excluding hydrogens is 180 g/mol. The van der Waals surface area contributed by atoms with Gasteiger partial charge in [0.05, 0.1) is 0 Å². The van der Waals surface area contributed by atoms with Crippen LogP contribution in [0.25, 0.3) is 0 Å². The fourth-order valence-electron chi connectivity index (χ4n) is 1.29. The minimum Gasteiger partial charge on any atom is -0.359 e. The predicted molar refractivity (Wildman–Crippen MR) is 55.5 cm³/mol. The first kappa shape index (κ1) is 10.4. The Labute approximate surface area is 81.1 Å². The van der Waals surface area contributed by atoms with Gasteiger partial charge in [0.1, 0.15) is 5.91 Å². The molecule has 71 valence electrons. The maximum atomic E-state index is 5.24. The summed E-state index contributed by atoms with van der Waals surface area (Å²) in [6.07, 6.45) is 0. The average Bonchev–Trinajstić information content (AvgIpc) is 2.21. The Bertz CT molecular complexity index is 234. The number of rotatable bonds is 4. The summed E-state index contributed by atoms with van der Waals surface area (Å²) in [6.45, 7) is 2.19. The Hall–Kier alpha value is -0.643. The van der Waals surface area contributed by atoms with Crippen LogP contribution in [0.2, 0.25) is 6.55 Å². The van der Waals surface area contributed by atoms with Crippen LogP contribution >= 0.6 is 0 Å². The van der Waals surface area contributed by atoms with Crippen LogP contribution in [0.1, 0.15) is 0 Å². The first-order valence-corrected chi connectivity index (χ1v) is 6.31. The lowest BCUT2D eigenvalue weighted by atomic mass is 10.4. The molecule has 0 spiro atoms. The van der Waals surface area contributed by atoms with Crippen LogP contribution in [-0.4, -0.2) is 28.9 Å². The van der Waals surface area contributed by atoms with Crippen molar-refractivity contribution in [2.24, 2.45) is 0 Å². The summed E-state index contributed by atoms with van der Waals surface area (Å²) in [7, 11) is 2.62. The molecule has 1 radical (unpaired) electrons. The maximum Gasteiger partial charge on any atom is 0.153 e. The van der Waals surface area contributed by atoms with Crippen molar-refractivity contribution in [1.82, 2.24) is 0 Å². The van der Waals surface area contributed by atoms with Gasteiger partial charge in [-0.3, -0.25) is 0 Å². The van der Waals surface area contributed by atoms with E-state index in [1.807, 2.05) is 18.2 Å². The molecule has 0 bridgehead atoms. The van der Waals surface area contributed by atoms with Crippen LogP contribution in [0.3, 0.4) is 0 Å². The first-order valence-electron chi connectivity index (χ1n) is 4.24. The molecule has 0 saturated heterocycles. The lowest BCUT2D eigenvalue weighted by Crippen LogP contribution is -2.41. The third-order valence-corrected chi connectivity index (χ3v) is 4.43. The highest BCUT2D eigenvalue weighted by Crippen LogP contribution is 1.99. The van der Waals surface area contributed by atoms with E-state index in [-0.39, 0.29) is 5.91 Å². The average molecular weight is 195 g/mol. The molecule has 13 heavy (non-hydrogen) atoms. The summed E-state index contributed by atoms with van der Waals surface area (Å²) in [5.41, 5.74) is 0.